The van der Waals surface area contributed by atoms with Gasteiger partial charge in [0.15, 0.2) is 0 Å². The minimum Gasteiger partial charge on any atom is -0.370 e. The van der Waals surface area contributed by atoms with Crippen molar-refractivity contribution >= 4 is 33.4 Å². The lowest BCUT2D eigenvalue weighted by Gasteiger charge is -2.24. The van der Waals surface area contributed by atoms with Crippen LogP contribution >= 0.6 is 0 Å². The van der Waals surface area contributed by atoms with Crippen LogP contribution in [0.25, 0.3) is 6.08 Å². The number of nitrogens with zero attached hydrogens (tertiary/aromatic N) is 3. The Bertz CT molecular complexity index is 1130. The lowest BCUT2D eigenvalue weighted by atomic mass is 10.1. The molecular formula is C24H28N4O3S. The van der Waals surface area contributed by atoms with Crippen LogP contribution in [0.15, 0.2) is 59.0 Å². The number of sulfonamides is 1. The first-order chi connectivity index (χ1) is 15.4. The number of hydrogen-bond acceptors (Lipinski definition) is 5. The molecule has 7 nitrogen and oxygen atoms in total. The molecule has 1 aliphatic rings. The topological polar surface area (TPSA) is 93.5 Å². The summed E-state index contributed by atoms with van der Waals surface area (Å²) in [6.45, 7) is 5.94. The summed E-state index contributed by atoms with van der Waals surface area (Å²) in [6.07, 6.45) is 3.58. The molecular weight excluding hydrogens is 424 g/mol. The van der Waals surface area contributed by atoms with Gasteiger partial charge in [0.2, 0.25) is 10.0 Å². The van der Waals surface area contributed by atoms with E-state index < -0.39 is 15.9 Å². The Morgan fingerprint density at radius 2 is 1.78 bits per heavy atom. The number of anilines is 2. The van der Waals surface area contributed by atoms with Crippen molar-refractivity contribution in [3.8, 4) is 6.07 Å². The number of hydrogen-bond donors (Lipinski definition) is 1. The number of amides is 1. The maximum absolute atomic E-state index is 13.0. The van der Waals surface area contributed by atoms with Gasteiger partial charge in [-0.05, 0) is 42.7 Å². The Balaban J connectivity index is 1.99. The van der Waals surface area contributed by atoms with Crippen LogP contribution in [-0.4, -0.2) is 44.8 Å². The molecule has 3 rings (SSSR count). The van der Waals surface area contributed by atoms with Crippen molar-refractivity contribution in [2.75, 3.05) is 36.4 Å². The number of benzene rings is 2. The van der Waals surface area contributed by atoms with Gasteiger partial charge in [-0.1, -0.05) is 44.2 Å². The first kappa shape index (κ1) is 23.5. The molecule has 1 aliphatic heterocycles. The van der Waals surface area contributed by atoms with Gasteiger partial charge < -0.3 is 10.2 Å². The van der Waals surface area contributed by atoms with E-state index in [2.05, 4.69) is 10.2 Å². The number of carbonyl (C=O) groups is 1. The largest absolute Gasteiger partial charge is 0.370 e. The highest BCUT2D eigenvalue weighted by molar-refractivity contribution is 7.89. The maximum atomic E-state index is 13.0. The standard InChI is InChI=1S/C24H28N4O3S/c1-3-28(4-2)32(30,31)21-12-13-23(27-14-8-9-15-27)22(17-21)26-24(29)20(18-25)16-19-10-6-5-7-11-19/h5-7,10-13,16-17H,3-4,8-9,14-15H2,1-2H3,(H,26,29)/b20-16-. The summed E-state index contributed by atoms with van der Waals surface area (Å²) < 4.78 is 27.4. The van der Waals surface area contributed by atoms with E-state index in [0.717, 1.165) is 37.2 Å². The SMILES string of the molecule is CCN(CC)S(=O)(=O)c1ccc(N2CCCC2)c(NC(=O)/C(C#N)=C\c2ccccc2)c1. The number of carbonyl (C=O) groups excluding carboxylic acids is 1. The zero-order valence-corrected chi connectivity index (χ0v) is 19.2. The van der Waals surface area contributed by atoms with Gasteiger partial charge in [-0.15, -0.1) is 0 Å². The molecule has 1 saturated heterocycles. The summed E-state index contributed by atoms with van der Waals surface area (Å²) >= 11 is 0. The third-order valence-electron chi connectivity index (χ3n) is 5.48. The summed E-state index contributed by atoms with van der Waals surface area (Å²) in [4.78, 5) is 15.2. The summed E-state index contributed by atoms with van der Waals surface area (Å²) in [5.74, 6) is -0.575. The van der Waals surface area contributed by atoms with E-state index in [-0.39, 0.29) is 10.5 Å². The highest BCUT2D eigenvalue weighted by Gasteiger charge is 2.25. The molecule has 0 spiro atoms. The molecule has 0 atom stereocenters. The molecule has 1 heterocycles. The van der Waals surface area contributed by atoms with Crippen molar-refractivity contribution < 1.29 is 13.2 Å². The van der Waals surface area contributed by atoms with Crippen LogP contribution in [0.4, 0.5) is 11.4 Å². The van der Waals surface area contributed by atoms with Crippen LogP contribution in [0.1, 0.15) is 32.3 Å². The van der Waals surface area contributed by atoms with Crippen LogP contribution < -0.4 is 10.2 Å². The van der Waals surface area contributed by atoms with Crippen LogP contribution in [0.5, 0.6) is 0 Å². The molecule has 0 unspecified atom stereocenters. The predicted octanol–water partition coefficient (Wildman–Crippen LogP) is 3.86. The zero-order chi connectivity index (χ0) is 23.1. The number of rotatable bonds is 8. The summed E-state index contributed by atoms with van der Waals surface area (Å²) in [5.41, 5.74) is 1.82. The normalized spacial score (nSPS) is 14.4. The van der Waals surface area contributed by atoms with Crippen LogP contribution in [0.3, 0.4) is 0 Å². The van der Waals surface area contributed by atoms with Gasteiger partial charge in [0.05, 0.1) is 16.3 Å². The van der Waals surface area contributed by atoms with E-state index in [4.69, 9.17) is 0 Å². The number of nitriles is 1. The monoisotopic (exact) mass is 452 g/mol. The Hall–Kier alpha value is -3.15. The average Bonchev–Trinajstić information content (AvgIpc) is 3.33. The van der Waals surface area contributed by atoms with Crippen LogP contribution in [-0.2, 0) is 14.8 Å². The molecule has 2 aromatic carbocycles. The van der Waals surface area contributed by atoms with Gasteiger partial charge in [-0.3, -0.25) is 4.79 Å². The van der Waals surface area contributed by atoms with Crippen LogP contribution in [0.2, 0.25) is 0 Å². The fourth-order valence-electron chi connectivity index (χ4n) is 3.78. The quantitative estimate of drug-likeness (QED) is 0.485. The van der Waals surface area contributed by atoms with Crippen molar-refractivity contribution in [2.45, 2.75) is 31.6 Å². The van der Waals surface area contributed by atoms with Gasteiger partial charge in [0.1, 0.15) is 11.6 Å². The molecule has 0 bridgehead atoms. The highest BCUT2D eigenvalue weighted by Crippen LogP contribution is 2.32. The second-order valence-electron chi connectivity index (χ2n) is 7.50. The molecule has 1 fully saturated rings. The number of nitrogens with one attached hydrogen (secondary N) is 1. The van der Waals surface area contributed by atoms with E-state index >= 15 is 0 Å². The fraction of sp³-hybridized carbons (Fsp3) is 0.333. The zero-order valence-electron chi connectivity index (χ0n) is 18.4. The summed E-state index contributed by atoms with van der Waals surface area (Å²) in [5, 5.41) is 12.3. The Morgan fingerprint density at radius 3 is 2.38 bits per heavy atom. The minimum absolute atomic E-state index is 0.0550. The van der Waals surface area contributed by atoms with Gasteiger partial charge >= 0.3 is 0 Å². The fourth-order valence-corrected chi connectivity index (χ4v) is 5.26. The van der Waals surface area contributed by atoms with Crippen molar-refractivity contribution in [1.82, 2.24) is 4.31 Å². The predicted molar refractivity (Wildman–Crippen MR) is 127 cm³/mol. The first-order valence-corrected chi connectivity index (χ1v) is 12.2. The van der Waals surface area contributed by atoms with Crippen LogP contribution in [0, 0.1) is 11.3 Å². The molecule has 0 aromatic heterocycles. The molecule has 2 aromatic rings. The summed E-state index contributed by atoms with van der Waals surface area (Å²) in [7, 11) is -3.69. The molecule has 8 heteroatoms. The minimum atomic E-state index is -3.69. The average molecular weight is 453 g/mol. The molecule has 0 aliphatic carbocycles. The molecule has 0 saturated carbocycles. The van der Waals surface area contributed by atoms with E-state index in [9.17, 15) is 18.5 Å². The Labute approximate surface area is 190 Å². The van der Waals surface area contributed by atoms with Gasteiger partial charge in [0.25, 0.3) is 5.91 Å². The third-order valence-corrected chi connectivity index (χ3v) is 7.53. The van der Waals surface area contributed by atoms with Crippen molar-refractivity contribution in [3.63, 3.8) is 0 Å². The molecule has 1 N–H and O–H groups in total. The first-order valence-electron chi connectivity index (χ1n) is 10.8. The van der Waals surface area contributed by atoms with Gasteiger partial charge in [0, 0.05) is 26.2 Å². The van der Waals surface area contributed by atoms with Crippen molar-refractivity contribution in [1.29, 1.82) is 5.26 Å². The van der Waals surface area contributed by atoms with E-state index in [0.29, 0.717) is 18.8 Å². The lowest BCUT2D eigenvalue weighted by Crippen LogP contribution is -2.31. The molecule has 32 heavy (non-hydrogen) atoms. The molecule has 1 amide bonds. The second-order valence-corrected chi connectivity index (χ2v) is 9.43. The van der Waals surface area contributed by atoms with E-state index in [1.54, 1.807) is 38.1 Å². The lowest BCUT2D eigenvalue weighted by molar-refractivity contribution is -0.112. The van der Waals surface area contributed by atoms with Crippen molar-refractivity contribution in [2.24, 2.45) is 0 Å². The van der Waals surface area contributed by atoms with Crippen molar-refractivity contribution in [3.05, 3.63) is 59.7 Å². The van der Waals surface area contributed by atoms with E-state index in [1.165, 1.54) is 16.4 Å². The smallest absolute Gasteiger partial charge is 0.266 e. The van der Waals surface area contributed by atoms with Gasteiger partial charge in [-0.25, -0.2) is 8.42 Å². The molecule has 168 valence electrons. The van der Waals surface area contributed by atoms with Gasteiger partial charge in [-0.2, -0.15) is 9.57 Å². The third kappa shape index (κ3) is 5.18. The van der Waals surface area contributed by atoms with E-state index in [1.807, 2.05) is 24.3 Å². The second kappa shape index (κ2) is 10.4. The molecule has 0 radical (unpaired) electrons. The highest BCUT2D eigenvalue weighted by atomic mass is 32.2. The maximum Gasteiger partial charge on any atom is 0.266 e. The summed E-state index contributed by atoms with van der Waals surface area (Å²) in [6, 6.07) is 15.9. The Kier molecular flexibility index (Phi) is 7.67. The Morgan fingerprint density at radius 1 is 1.12 bits per heavy atom.